The molecule has 0 bridgehead atoms. The summed E-state index contributed by atoms with van der Waals surface area (Å²) >= 11 is 0. The quantitative estimate of drug-likeness (QED) is 0.490. The second kappa shape index (κ2) is 11.7. The third-order valence-corrected chi connectivity index (χ3v) is 6.34. The molecule has 7 nitrogen and oxygen atoms in total. The van der Waals surface area contributed by atoms with Crippen LogP contribution in [0.1, 0.15) is 39.6 Å². The number of carbonyl (C=O) groups excluding carboxylic acids is 2. The van der Waals surface area contributed by atoms with E-state index >= 15 is 0 Å². The van der Waals surface area contributed by atoms with Crippen LogP contribution in [0.15, 0.2) is 66.7 Å². The zero-order chi connectivity index (χ0) is 25.5. The molecule has 2 amide bonds. The summed E-state index contributed by atoms with van der Waals surface area (Å²) in [5, 5.41) is 5.88. The molecule has 1 heterocycles. The molecule has 188 valence electrons. The molecule has 1 aliphatic heterocycles. The van der Waals surface area contributed by atoms with Gasteiger partial charge in [-0.15, -0.1) is 0 Å². The van der Waals surface area contributed by atoms with Gasteiger partial charge in [0.1, 0.15) is 11.4 Å². The Kier molecular flexibility index (Phi) is 8.23. The van der Waals surface area contributed by atoms with Crippen LogP contribution < -0.4 is 20.3 Å². The lowest BCUT2D eigenvalue weighted by Crippen LogP contribution is -2.28. The predicted molar refractivity (Wildman–Crippen MR) is 145 cm³/mol. The molecule has 7 heteroatoms. The first-order chi connectivity index (χ1) is 17.4. The molecule has 3 aromatic rings. The zero-order valence-corrected chi connectivity index (χ0v) is 21.2. The molecular weight excluding hydrogens is 452 g/mol. The SMILES string of the molecule is CCOc1cccc(NC(=O)c2ccc(C)cc2)c1NC(=O)c1ccc(N2CCCN(C)CC2)cc1. The number of para-hydroxylation sites is 1. The molecule has 0 spiro atoms. The smallest absolute Gasteiger partial charge is 0.255 e. The fourth-order valence-electron chi connectivity index (χ4n) is 4.25. The lowest BCUT2D eigenvalue weighted by Gasteiger charge is -2.23. The van der Waals surface area contributed by atoms with Crippen LogP contribution >= 0.6 is 0 Å². The minimum absolute atomic E-state index is 0.258. The maximum atomic E-state index is 13.2. The van der Waals surface area contributed by atoms with Crippen LogP contribution in [0.25, 0.3) is 0 Å². The molecule has 0 saturated carbocycles. The largest absolute Gasteiger partial charge is 0.492 e. The lowest BCUT2D eigenvalue weighted by molar-refractivity contribution is 0.101. The molecule has 0 atom stereocenters. The molecule has 0 radical (unpaired) electrons. The Bertz CT molecular complexity index is 1190. The van der Waals surface area contributed by atoms with Crippen molar-refractivity contribution in [3.8, 4) is 5.75 Å². The Morgan fingerprint density at radius 2 is 1.50 bits per heavy atom. The van der Waals surface area contributed by atoms with Crippen molar-refractivity contribution >= 4 is 28.9 Å². The number of nitrogens with zero attached hydrogens (tertiary/aromatic N) is 2. The summed E-state index contributed by atoms with van der Waals surface area (Å²) in [6, 6.07) is 20.3. The van der Waals surface area contributed by atoms with E-state index in [2.05, 4.69) is 27.5 Å². The summed E-state index contributed by atoms with van der Waals surface area (Å²) in [4.78, 5) is 30.8. The van der Waals surface area contributed by atoms with Crippen LogP contribution in [0, 0.1) is 6.92 Å². The molecule has 1 saturated heterocycles. The van der Waals surface area contributed by atoms with E-state index in [1.54, 1.807) is 30.3 Å². The summed E-state index contributed by atoms with van der Waals surface area (Å²) in [6.45, 7) is 8.36. The number of hydrogen-bond acceptors (Lipinski definition) is 5. The first-order valence-corrected chi connectivity index (χ1v) is 12.4. The number of rotatable bonds is 7. The van der Waals surface area contributed by atoms with E-state index in [1.165, 1.54) is 0 Å². The lowest BCUT2D eigenvalue weighted by atomic mass is 10.1. The number of carbonyl (C=O) groups is 2. The number of amides is 2. The standard InChI is InChI=1S/C29H34N4O3/c1-4-36-26-8-5-7-25(30-28(34)22-11-9-21(2)10-12-22)27(26)31-29(35)23-13-15-24(16-14-23)33-18-6-17-32(3)19-20-33/h5,7-16H,4,6,17-20H2,1-3H3,(H,30,34)(H,31,35). The summed E-state index contributed by atoms with van der Waals surface area (Å²) in [5.74, 6) is -0.0282. The van der Waals surface area contributed by atoms with Gasteiger partial charge in [0, 0.05) is 36.4 Å². The average molecular weight is 487 g/mol. The monoisotopic (exact) mass is 486 g/mol. The van der Waals surface area contributed by atoms with Crippen molar-refractivity contribution in [3.63, 3.8) is 0 Å². The van der Waals surface area contributed by atoms with E-state index in [0.717, 1.165) is 43.9 Å². The van der Waals surface area contributed by atoms with Crippen molar-refractivity contribution < 1.29 is 14.3 Å². The molecule has 1 fully saturated rings. The molecule has 0 unspecified atom stereocenters. The van der Waals surface area contributed by atoms with Crippen molar-refractivity contribution in [1.29, 1.82) is 0 Å². The van der Waals surface area contributed by atoms with Gasteiger partial charge in [-0.1, -0.05) is 23.8 Å². The van der Waals surface area contributed by atoms with Crippen molar-refractivity contribution in [2.75, 3.05) is 55.4 Å². The molecule has 0 aliphatic carbocycles. The highest BCUT2D eigenvalue weighted by Crippen LogP contribution is 2.34. The minimum atomic E-state index is -0.268. The van der Waals surface area contributed by atoms with Crippen LogP contribution in [0.2, 0.25) is 0 Å². The van der Waals surface area contributed by atoms with Gasteiger partial charge in [-0.25, -0.2) is 0 Å². The highest BCUT2D eigenvalue weighted by molar-refractivity contribution is 6.11. The summed E-state index contributed by atoms with van der Waals surface area (Å²) in [7, 11) is 2.15. The maximum absolute atomic E-state index is 13.2. The molecule has 4 rings (SSSR count). The average Bonchev–Trinajstić information content (AvgIpc) is 3.11. The summed E-state index contributed by atoms with van der Waals surface area (Å²) < 4.78 is 5.76. The van der Waals surface area contributed by atoms with Crippen LogP contribution in [0.5, 0.6) is 5.75 Å². The minimum Gasteiger partial charge on any atom is -0.492 e. The fraction of sp³-hybridized carbons (Fsp3) is 0.310. The zero-order valence-electron chi connectivity index (χ0n) is 21.2. The normalized spacial score (nSPS) is 14.1. The van der Waals surface area contributed by atoms with Crippen molar-refractivity contribution in [2.24, 2.45) is 0 Å². The van der Waals surface area contributed by atoms with Crippen LogP contribution in [-0.2, 0) is 0 Å². The molecule has 2 N–H and O–H groups in total. The number of ether oxygens (including phenoxy) is 1. The summed E-state index contributed by atoms with van der Waals surface area (Å²) in [5.41, 5.74) is 4.17. The van der Waals surface area contributed by atoms with E-state index in [4.69, 9.17) is 4.74 Å². The van der Waals surface area contributed by atoms with Gasteiger partial charge in [0.25, 0.3) is 11.8 Å². The van der Waals surface area contributed by atoms with Crippen molar-refractivity contribution in [3.05, 3.63) is 83.4 Å². The van der Waals surface area contributed by atoms with Gasteiger partial charge >= 0.3 is 0 Å². The van der Waals surface area contributed by atoms with Gasteiger partial charge in [0.05, 0.1) is 12.3 Å². The number of aryl methyl sites for hydroxylation is 1. The Morgan fingerprint density at radius 1 is 0.833 bits per heavy atom. The van der Waals surface area contributed by atoms with E-state index in [0.29, 0.717) is 34.9 Å². The molecule has 36 heavy (non-hydrogen) atoms. The van der Waals surface area contributed by atoms with Crippen LogP contribution in [0.3, 0.4) is 0 Å². The third kappa shape index (κ3) is 6.23. The van der Waals surface area contributed by atoms with Crippen LogP contribution in [0.4, 0.5) is 17.1 Å². The van der Waals surface area contributed by atoms with Gasteiger partial charge in [0.2, 0.25) is 0 Å². The van der Waals surface area contributed by atoms with Gasteiger partial charge in [-0.2, -0.15) is 0 Å². The van der Waals surface area contributed by atoms with Crippen molar-refractivity contribution in [1.82, 2.24) is 4.90 Å². The molecule has 0 aromatic heterocycles. The first-order valence-electron chi connectivity index (χ1n) is 12.4. The van der Waals surface area contributed by atoms with E-state index in [1.807, 2.05) is 50.2 Å². The van der Waals surface area contributed by atoms with Crippen LogP contribution in [-0.4, -0.2) is 56.5 Å². The first kappa shape index (κ1) is 25.3. The van der Waals surface area contributed by atoms with E-state index in [-0.39, 0.29) is 11.8 Å². The summed E-state index contributed by atoms with van der Waals surface area (Å²) in [6.07, 6.45) is 1.12. The van der Waals surface area contributed by atoms with Gasteiger partial charge < -0.3 is 25.2 Å². The van der Waals surface area contributed by atoms with E-state index in [9.17, 15) is 9.59 Å². The highest BCUT2D eigenvalue weighted by atomic mass is 16.5. The molecular formula is C29H34N4O3. The topological polar surface area (TPSA) is 73.9 Å². The Labute approximate surface area is 213 Å². The number of benzene rings is 3. The third-order valence-electron chi connectivity index (χ3n) is 6.34. The van der Waals surface area contributed by atoms with Gasteiger partial charge in [0.15, 0.2) is 0 Å². The molecule has 3 aromatic carbocycles. The Hall–Kier alpha value is -3.84. The number of anilines is 3. The number of nitrogens with one attached hydrogen (secondary N) is 2. The second-order valence-electron chi connectivity index (χ2n) is 9.08. The number of likely N-dealkylation sites (N-methyl/N-ethyl adjacent to an activating group) is 1. The second-order valence-corrected chi connectivity index (χ2v) is 9.08. The highest BCUT2D eigenvalue weighted by Gasteiger charge is 2.18. The van der Waals surface area contributed by atoms with Gasteiger partial charge in [-0.05, 0) is 82.4 Å². The molecule has 1 aliphatic rings. The Balaban J connectivity index is 1.52. The van der Waals surface area contributed by atoms with E-state index < -0.39 is 0 Å². The number of hydrogen-bond donors (Lipinski definition) is 2. The van der Waals surface area contributed by atoms with Crippen molar-refractivity contribution in [2.45, 2.75) is 20.3 Å². The van der Waals surface area contributed by atoms with Gasteiger partial charge in [-0.3, -0.25) is 9.59 Å². The predicted octanol–water partition coefficient (Wildman–Crippen LogP) is 5.04. The fourth-order valence-corrected chi connectivity index (χ4v) is 4.25. The Morgan fingerprint density at radius 3 is 2.19 bits per heavy atom. The maximum Gasteiger partial charge on any atom is 0.255 e.